The summed E-state index contributed by atoms with van der Waals surface area (Å²) < 4.78 is 4.60. The SMILES string of the molecule is CC(O[SiH2]C(O)O)C(=O)O. The number of hydrogen-bond donors (Lipinski definition) is 3. The Morgan fingerprint density at radius 3 is 2.40 bits per heavy atom. The number of hydrogen-bond acceptors (Lipinski definition) is 4. The summed E-state index contributed by atoms with van der Waals surface area (Å²) >= 11 is 0. The molecule has 0 radical (unpaired) electrons. The molecule has 0 amide bonds. The molecule has 3 N–H and O–H groups in total. The van der Waals surface area contributed by atoms with Crippen LogP contribution < -0.4 is 0 Å². The lowest BCUT2D eigenvalue weighted by atomic mass is 10.4. The number of carbonyl (C=O) groups is 1. The summed E-state index contributed by atoms with van der Waals surface area (Å²) in [6.45, 7) is 1.34. The van der Waals surface area contributed by atoms with E-state index in [4.69, 9.17) is 15.3 Å². The molecule has 5 nitrogen and oxygen atoms in total. The molecule has 0 heterocycles. The van der Waals surface area contributed by atoms with Gasteiger partial charge in [-0.25, -0.2) is 4.79 Å². The molecule has 0 fully saturated rings. The maximum absolute atomic E-state index is 10.0. The maximum Gasteiger partial charge on any atom is 0.331 e. The van der Waals surface area contributed by atoms with Gasteiger partial charge in [-0.05, 0) is 6.92 Å². The van der Waals surface area contributed by atoms with Gasteiger partial charge >= 0.3 is 5.97 Å². The zero-order chi connectivity index (χ0) is 8.15. The minimum absolute atomic E-state index is 0.937. The van der Waals surface area contributed by atoms with E-state index in [9.17, 15) is 4.79 Å². The quantitative estimate of drug-likeness (QED) is 0.327. The van der Waals surface area contributed by atoms with E-state index >= 15 is 0 Å². The fourth-order valence-corrected chi connectivity index (χ4v) is 0.905. The first kappa shape index (κ1) is 9.57. The van der Waals surface area contributed by atoms with E-state index in [0.717, 1.165) is 0 Å². The fourth-order valence-electron chi connectivity index (χ4n) is 0.302. The molecule has 6 heteroatoms. The molecule has 0 rings (SSSR count). The van der Waals surface area contributed by atoms with Crippen molar-refractivity contribution in [1.82, 2.24) is 0 Å². The minimum Gasteiger partial charge on any atom is -0.479 e. The standard InChI is InChI=1S/C4H10O5Si/c1-2(3(5)6)9-10-4(7)8/h2,4,7-8H,10H2,1H3,(H,5,6). The summed E-state index contributed by atoms with van der Waals surface area (Å²) in [5.41, 5.74) is 0. The van der Waals surface area contributed by atoms with Crippen molar-refractivity contribution >= 4 is 15.7 Å². The highest BCUT2D eigenvalue weighted by Crippen LogP contribution is 1.88. The van der Waals surface area contributed by atoms with Crippen LogP contribution in [0.2, 0.25) is 0 Å². The summed E-state index contributed by atoms with van der Waals surface area (Å²) in [7, 11) is -1.51. The average Bonchev–Trinajstić information content (AvgIpc) is 1.82. The highest BCUT2D eigenvalue weighted by molar-refractivity contribution is 6.28. The van der Waals surface area contributed by atoms with E-state index in [2.05, 4.69) is 4.43 Å². The first-order valence-corrected chi connectivity index (χ1v) is 4.14. The van der Waals surface area contributed by atoms with E-state index in [1.165, 1.54) is 6.92 Å². The van der Waals surface area contributed by atoms with Gasteiger partial charge in [0.1, 0.15) is 6.10 Å². The second-order valence-electron chi connectivity index (χ2n) is 1.79. The van der Waals surface area contributed by atoms with Gasteiger partial charge in [-0.15, -0.1) is 0 Å². The maximum atomic E-state index is 10.0. The Hall–Kier alpha value is -0.433. The Morgan fingerprint density at radius 2 is 2.10 bits per heavy atom. The number of aliphatic hydroxyl groups excluding tert-OH is 1. The number of carboxylic acid groups (broad SMARTS) is 1. The summed E-state index contributed by atoms with van der Waals surface area (Å²) in [6, 6.07) is 0. The molecule has 0 aromatic heterocycles. The smallest absolute Gasteiger partial charge is 0.331 e. The van der Waals surface area contributed by atoms with Gasteiger partial charge in [-0.3, -0.25) is 0 Å². The summed E-state index contributed by atoms with van der Waals surface area (Å²) in [5.74, 6) is -2.56. The molecular weight excluding hydrogens is 156 g/mol. The molecule has 0 saturated carbocycles. The third kappa shape index (κ3) is 4.45. The van der Waals surface area contributed by atoms with Crippen molar-refractivity contribution in [3.05, 3.63) is 0 Å². The molecule has 0 aliphatic rings. The first-order chi connectivity index (χ1) is 4.54. The van der Waals surface area contributed by atoms with Crippen LogP contribution in [-0.4, -0.2) is 43.1 Å². The van der Waals surface area contributed by atoms with Crippen molar-refractivity contribution in [2.24, 2.45) is 0 Å². The van der Waals surface area contributed by atoms with Gasteiger partial charge < -0.3 is 19.7 Å². The molecule has 0 aromatic rings. The monoisotopic (exact) mass is 166 g/mol. The molecule has 60 valence electrons. The predicted molar refractivity (Wildman–Crippen MR) is 35.0 cm³/mol. The van der Waals surface area contributed by atoms with Crippen LogP contribution in [0, 0.1) is 0 Å². The molecule has 0 saturated heterocycles. The van der Waals surface area contributed by atoms with E-state index in [0.29, 0.717) is 0 Å². The van der Waals surface area contributed by atoms with Crippen molar-refractivity contribution in [3.8, 4) is 0 Å². The van der Waals surface area contributed by atoms with Crippen molar-refractivity contribution in [1.29, 1.82) is 0 Å². The fraction of sp³-hybridized carbons (Fsp3) is 0.750. The van der Waals surface area contributed by atoms with Crippen LogP contribution in [0.4, 0.5) is 0 Å². The summed E-state index contributed by atoms with van der Waals surface area (Å²) in [5, 5.41) is 24.8. The lowest BCUT2D eigenvalue weighted by Gasteiger charge is -2.08. The zero-order valence-electron chi connectivity index (χ0n) is 5.52. The molecule has 0 aliphatic heterocycles. The first-order valence-electron chi connectivity index (χ1n) is 2.74. The molecule has 1 unspecified atom stereocenters. The van der Waals surface area contributed by atoms with Crippen molar-refractivity contribution in [3.63, 3.8) is 0 Å². The second kappa shape index (κ2) is 4.39. The van der Waals surface area contributed by atoms with E-state index in [1.54, 1.807) is 0 Å². The average molecular weight is 166 g/mol. The van der Waals surface area contributed by atoms with Crippen molar-refractivity contribution in [2.75, 3.05) is 0 Å². The molecule has 0 bridgehead atoms. The number of aliphatic carboxylic acids is 1. The lowest BCUT2D eigenvalue weighted by molar-refractivity contribution is -0.144. The normalized spacial score (nSPS) is 14.8. The summed E-state index contributed by atoms with van der Waals surface area (Å²) in [6.07, 6.45) is -0.937. The van der Waals surface area contributed by atoms with Crippen molar-refractivity contribution < 1.29 is 24.5 Å². The van der Waals surface area contributed by atoms with Gasteiger partial charge in [-0.2, -0.15) is 0 Å². The lowest BCUT2D eigenvalue weighted by Crippen LogP contribution is -2.27. The Labute approximate surface area is 60.2 Å². The highest BCUT2D eigenvalue weighted by Gasteiger charge is 2.11. The van der Waals surface area contributed by atoms with Crippen LogP contribution in [0.3, 0.4) is 0 Å². The molecule has 0 aliphatic carbocycles. The largest absolute Gasteiger partial charge is 0.479 e. The van der Waals surface area contributed by atoms with Crippen LogP contribution >= 0.6 is 0 Å². The Balaban J connectivity index is 3.40. The van der Waals surface area contributed by atoms with Gasteiger partial charge in [0.2, 0.25) is 9.76 Å². The number of rotatable bonds is 4. The van der Waals surface area contributed by atoms with Gasteiger partial charge in [0, 0.05) is 0 Å². The third-order valence-electron chi connectivity index (χ3n) is 0.843. The molecule has 1 atom stereocenters. The van der Waals surface area contributed by atoms with Crippen LogP contribution in [0.25, 0.3) is 0 Å². The zero-order valence-corrected chi connectivity index (χ0v) is 6.93. The van der Waals surface area contributed by atoms with E-state index in [1.807, 2.05) is 0 Å². The summed E-state index contributed by atoms with van der Waals surface area (Å²) in [4.78, 5) is 10.0. The minimum atomic E-state index is -1.51. The van der Waals surface area contributed by atoms with E-state index in [-0.39, 0.29) is 0 Å². The van der Waals surface area contributed by atoms with Crippen LogP contribution in [0.5, 0.6) is 0 Å². The molecular formula is C4H10O5Si. The van der Waals surface area contributed by atoms with E-state index < -0.39 is 27.7 Å². The highest BCUT2D eigenvalue weighted by atomic mass is 28.2. The van der Waals surface area contributed by atoms with Crippen LogP contribution in [-0.2, 0) is 9.22 Å². The number of aliphatic hydroxyl groups is 2. The van der Waals surface area contributed by atoms with Crippen LogP contribution in [0.15, 0.2) is 0 Å². The second-order valence-corrected chi connectivity index (χ2v) is 3.19. The van der Waals surface area contributed by atoms with Crippen molar-refractivity contribution in [2.45, 2.75) is 18.9 Å². The Morgan fingerprint density at radius 1 is 1.60 bits per heavy atom. The van der Waals surface area contributed by atoms with Gasteiger partial charge in [0.05, 0.1) is 0 Å². The Kier molecular flexibility index (Phi) is 4.20. The van der Waals surface area contributed by atoms with Crippen LogP contribution in [0.1, 0.15) is 6.92 Å². The topological polar surface area (TPSA) is 87.0 Å². The predicted octanol–water partition coefficient (Wildman–Crippen LogP) is -2.17. The van der Waals surface area contributed by atoms with Gasteiger partial charge in [-0.1, -0.05) is 0 Å². The molecule has 0 aromatic carbocycles. The third-order valence-corrected chi connectivity index (χ3v) is 1.83. The number of carboxylic acids is 1. The van der Waals surface area contributed by atoms with Gasteiger partial charge in [0.15, 0.2) is 5.91 Å². The molecule has 10 heavy (non-hydrogen) atoms. The Bertz CT molecular complexity index is 114. The molecule has 0 spiro atoms. The van der Waals surface area contributed by atoms with Gasteiger partial charge in [0.25, 0.3) is 0 Å².